The molecule has 156 valence electrons. The molecule has 0 heterocycles. The van der Waals surface area contributed by atoms with Gasteiger partial charge >= 0.3 is 5.97 Å². The van der Waals surface area contributed by atoms with Crippen LogP contribution in [0.15, 0.2) is 24.3 Å². The van der Waals surface area contributed by atoms with E-state index < -0.39 is 12.1 Å². The number of unbranched alkanes of at least 4 members (excludes halogenated alkanes) is 3. The zero-order chi connectivity index (χ0) is 20.7. The number of aliphatic hydroxyl groups is 1. The van der Waals surface area contributed by atoms with Crippen LogP contribution in [0.4, 0.5) is 0 Å². The molecule has 0 spiro atoms. The smallest absolute Gasteiger partial charge is 0.306 e. The van der Waals surface area contributed by atoms with Crippen LogP contribution in [0.1, 0.15) is 58.3 Å². The predicted molar refractivity (Wildman–Crippen MR) is 105 cm³/mol. The summed E-state index contributed by atoms with van der Waals surface area (Å²) in [6, 6.07) is 0. The third kappa shape index (κ3) is 17.5. The molecule has 6 nitrogen and oxygen atoms in total. The Morgan fingerprint density at radius 2 is 1.78 bits per heavy atom. The minimum absolute atomic E-state index is 0.276. The highest BCUT2D eigenvalue weighted by molar-refractivity contribution is 5.70. The van der Waals surface area contributed by atoms with Crippen LogP contribution in [0.2, 0.25) is 0 Å². The first kappa shape index (κ1) is 25.3. The summed E-state index contributed by atoms with van der Waals surface area (Å²) in [6.07, 6.45) is 11.7. The third-order valence-electron chi connectivity index (χ3n) is 3.96. The van der Waals surface area contributed by atoms with Gasteiger partial charge in [-0.15, -0.1) is 0 Å². The van der Waals surface area contributed by atoms with E-state index in [0.29, 0.717) is 23.9 Å². The molecule has 0 aliphatic carbocycles. The quantitative estimate of drug-likeness (QED) is 0.202. The number of hydrogen-bond donors (Lipinski definition) is 1. The fourth-order valence-electron chi connectivity index (χ4n) is 2.73. The Morgan fingerprint density at radius 3 is 2.37 bits per heavy atom. The highest BCUT2D eigenvalue weighted by Gasteiger charge is 2.22. The number of ether oxygens (including phenoxy) is 1. The summed E-state index contributed by atoms with van der Waals surface area (Å²) in [5, 5.41) is 20.7. The summed E-state index contributed by atoms with van der Waals surface area (Å²) < 4.78 is 5.83. The molecular formula is C21H37NO5. The largest absolute Gasteiger partial charge is 0.550 e. The van der Waals surface area contributed by atoms with Crippen LogP contribution >= 0.6 is 0 Å². The Bertz CT molecular complexity index is 479. The lowest BCUT2D eigenvalue weighted by Crippen LogP contribution is -2.45. The van der Waals surface area contributed by atoms with Gasteiger partial charge < -0.3 is 24.2 Å². The fraction of sp³-hybridized carbons (Fsp3) is 0.714. The Hall–Kier alpha value is -1.66. The Morgan fingerprint density at radius 1 is 1.11 bits per heavy atom. The van der Waals surface area contributed by atoms with E-state index in [4.69, 9.17) is 4.74 Å². The van der Waals surface area contributed by atoms with Crippen molar-refractivity contribution in [2.24, 2.45) is 0 Å². The summed E-state index contributed by atoms with van der Waals surface area (Å²) in [4.78, 5) is 22.8. The molecule has 0 bridgehead atoms. The van der Waals surface area contributed by atoms with Crippen LogP contribution in [0.3, 0.4) is 0 Å². The molecule has 0 radical (unpaired) electrons. The van der Waals surface area contributed by atoms with Crippen molar-refractivity contribution in [1.82, 2.24) is 0 Å². The van der Waals surface area contributed by atoms with E-state index in [1.807, 2.05) is 52.4 Å². The molecule has 0 aliphatic rings. The number of aliphatic hydroxyl groups excluding tert-OH is 1. The lowest BCUT2D eigenvalue weighted by atomic mass is 10.1. The van der Waals surface area contributed by atoms with Gasteiger partial charge in [-0.05, 0) is 26.2 Å². The van der Waals surface area contributed by atoms with Gasteiger partial charge in [-0.25, -0.2) is 0 Å². The summed E-state index contributed by atoms with van der Waals surface area (Å²) in [6.45, 7) is 2.38. The van der Waals surface area contributed by atoms with Crippen LogP contribution in [-0.4, -0.2) is 61.4 Å². The average Bonchev–Trinajstić information content (AvgIpc) is 2.52. The molecule has 2 unspecified atom stereocenters. The summed E-state index contributed by atoms with van der Waals surface area (Å²) in [7, 11) is 5.75. The standard InChI is InChI=1S/C21H37NO5/c1-5-6-7-10-13-18(23)14-11-8-9-12-15-21(26)27-19(16-20(24)25)17-22(2,3)4/h5-7,10,18-19,23H,8-9,11-17H2,1-4H3/b6-5+,10-7+. The number of hydrogen-bond acceptors (Lipinski definition) is 5. The second-order valence-corrected chi connectivity index (χ2v) is 7.96. The van der Waals surface area contributed by atoms with Crippen LogP contribution in [0.5, 0.6) is 0 Å². The zero-order valence-electron chi connectivity index (χ0n) is 17.4. The van der Waals surface area contributed by atoms with Crippen molar-refractivity contribution in [3.8, 4) is 0 Å². The summed E-state index contributed by atoms with van der Waals surface area (Å²) in [5.74, 6) is -1.57. The number of nitrogens with zero attached hydrogens (tertiary/aromatic N) is 1. The molecule has 0 aromatic heterocycles. The lowest BCUT2D eigenvalue weighted by Gasteiger charge is -2.29. The number of carboxylic acid groups (broad SMARTS) is 1. The van der Waals surface area contributed by atoms with Gasteiger partial charge in [0.15, 0.2) is 6.10 Å². The number of aliphatic carboxylic acids is 1. The molecule has 0 saturated heterocycles. The van der Waals surface area contributed by atoms with Crippen molar-refractivity contribution in [2.75, 3.05) is 27.7 Å². The maximum absolute atomic E-state index is 11.9. The Labute approximate surface area is 164 Å². The molecule has 0 aromatic rings. The van der Waals surface area contributed by atoms with Gasteiger partial charge in [0.25, 0.3) is 0 Å². The predicted octanol–water partition coefficient (Wildman–Crippen LogP) is 1.97. The number of allylic oxidation sites excluding steroid dienone is 3. The molecule has 2 atom stereocenters. The fourth-order valence-corrected chi connectivity index (χ4v) is 2.73. The SMILES string of the molecule is C/C=C/C=C/CC(O)CCCCCCC(=O)OC(CC(=O)[O-])C[N+](C)(C)C. The van der Waals surface area contributed by atoms with Gasteiger partial charge in [-0.1, -0.05) is 43.6 Å². The van der Waals surface area contributed by atoms with Gasteiger partial charge in [-0.3, -0.25) is 4.79 Å². The molecule has 0 fully saturated rings. The monoisotopic (exact) mass is 383 g/mol. The van der Waals surface area contributed by atoms with E-state index >= 15 is 0 Å². The lowest BCUT2D eigenvalue weighted by molar-refractivity contribution is -0.873. The molecule has 0 aliphatic heterocycles. The maximum Gasteiger partial charge on any atom is 0.306 e. The average molecular weight is 384 g/mol. The number of carboxylic acids is 1. The van der Waals surface area contributed by atoms with Gasteiger partial charge in [0.05, 0.1) is 27.2 Å². The van der Waals surface area contributed by atoms with E-state index in [1.165, 1.54) is 0 Å². The molecule has 1 N–H and O–H groups in total. The van der Waals surface area contributed by atoms with Gasteiger partial charge in [0.2, 0.25) is 0 Å². The maximum atomic E-state index is 11.9. The number of carbonyl (C=O) groups excluding carboxylic acids is 2. The molecule has 0 amide bonds. The molecule has 0 rings (SSSR count). The van der Waals surface area contributed by atoms with Crippen molar-refractivity contribution >= 4 is 11.9 Å². The Balaban J connectivity index is 3.92. The second kappa shape index (κ2) is 14.4. The number of carbonyl (C=O) groups is 2. The molecule has 0 saturated carbocycles. The van der Waals surface area contributed by atoms with E-state index in [9.17, 15) is 19.8 Å². The van der Waals surface area contributed by atoms with E-state index in [0.717, 1.165) is 25.7 Å². The van der Waals surface area contributed by atoms with Gasteiger partial charge in [0, 0.05) is 18.8 Å². The van der Waals surface area contributed by atoms with Crippen molar-refractivity contribution in [3.63, 3.8) is 0 Å². The molecule has 0 aromatic carbocycles. The minimum atomic E-state index is -1.21. The number of esters is 1. The van der Waals surface area contributed by atoms with Crippen molar-refractivity contribution in [1.29, 1.82) is 0 Å². The minimum Gasteiger partial charge on any atom is -0.550 e. The van der Waals surface area contributed by atoms with E-state index in [2.05, 4.69) is 0 Å². The van der Waals surface area contributed by atoms with E-state index in [-0.39, 0.29) is 24.9 Å². The van der Waals surface area contributed by atoms with Gasteiger partial charge in [-0.2, -0.15) is 0 Å². The number of quaternary nitrogens is 1. The van der Waals surface area contributed by atoms with Crippen LogP contribution < -0.4 is 5.11 Å². The van der Waals surface area contributed by atoms with Crippen LogP contribution in [0, 0.1) is 0 Å². The normalized spacial score (nSPS) is 14.6. The van der Waals surface area contributed by atoms with Crippen molar-refractivity contribution in [3.05, 3.63) is 24.3 Å². The number of rotatable bonds is 15. The summed E-state index contributed by atoms with van der Waals surface area (Å²) in [5.41, 5.74) is 0. The highest BCUT2D eigenvalue weighted by atomic mass is 16.5. The van der Waals surface area contributed by atoms with Crippen LogP contribution in [0.25, 0.3) is 0 Å². The first-order chi connectivity index (χ1) is 12.6. The van der Waals surface area contributed by atoms with E-state index in [1.54, 1.807) is 0 Å². The first-order valence-electron chi connectivity index (χ1n) is 9.79. The molecular weight excluding hydrogens is 346 g/mol. The highest BCUT2D eigenvalue weighted by Crippen LogP contribution is 2.12. The third-order valence-corrected chi connectivity index (χ3v) is 3.96. The molecule has 6 heteroatoms. The van der Waals surface area contributed by atoms with Gasteiger partial charge in [0.1, 0.15) is 6.54 Å². The first-order valence-corrected chi connectivity index (χ1v) is 9.79. The van der Waals surface area contributed by atoms with Crippen molar-refractivity contribution < 1.29 is 29.0 Å². The Kier molecular flexibility index (Phi) is 13.5. The zero-order valence-corrected chi connectivity index (χ0v) is 17.4. The topological polar surface area (TPSA) is 86.7 Å². The molecule has 27 heavy (non-hydrogen) atoms. The second-order valence-electron chi connectivity index (χ2n) is 7.96. The summed E-state index contributed by atoms with van der Waals surface area (Å²) >= 11 is 0. The van der Waals surface area contributed by atoms with Crippen molar-refractivity contribution in [2.45, 2.75) is 70.5 Å². The number of likely N-dealkylation sites (N-methyl/N-ethyl adjacent to an activating group) is 1. The van der Waals surface area contributed by atoms with Crippen LogP contribution in [-0.2, 0) is 14.3 Å².